The Kier molecular flexibility index (Phi) is 2.46. The van der Waals surface area contributed by atoms with Crippen molar-refractivity contribution in [2.24, 2.45) is 5.73 Å². The molecule has 0 heterocycles. The molecule has 0 radical (unpaired) electrons. The van der Waals surface area contributed by atoms with Crippen molar-refractivity contribution in [3.63, 3.8) is 0 Å². The fourth-order valence-corrected chi connectivity index (χ4v) is 1.84. The molecule has 0 unspecified atom stereocenters. The predicted octanol–water partition coefficient (Wildman–Crippen LogP) is 2.08. The minimum atomic E-state index is 0.271. The molecule has 76 valence electrons. The normalized spacial score (nSPS) is 17.9. The average molecular weight is 191 g/mol. The summed E-state index contributed by atoms with van der Waals surface area (Å²) < 4.78 is 5.47. The van der Waals surface area contributed by atoms with Gasteiger partial charge in [-0.2, -0.15) is 0 Å². The second kappa shape index (κ2) is 3.62. The first kappa shape index (κ1) is 9.53. The first-order valence-electron chi connectivity index (χ1n) is 5.24. The topological polar surface area (TPSA) is 35.2 Å². The second-order valence-corrected chi connectivity index (χ2v) is 3.95. The third-order valence-corrected chi connectivity index (χ3v) is 3.00. The van der Waals surface area contributed by atoms with Crippen molar-refractivity contribution in [3.8, 4) is 5.75 Å². The highest BCUT2D eigenvalue weighted by Gasteiger charge is 2.42. The number of rotatable bonds is 4. The van der Waals surface area contributed by atoms with E-state index in [2.05, 4.69) is 18.2 Å². The van der Waals surface area contributed by atoms with Gasteiger partial charge in [-0.1, -0.05) is 12.1 Å². The number of nitrogens with two attached hydrogens (primary N) is 1. The van der Waals surface area contributed by atoms with Crippen LogP contribution in [0.1, 0.15) is 25.3 Å². The maximum Gasteiger partial charge on any atom is 0.119 e. The van der Waals surface area contributed by atoms with Crippen LogP contribution in [0.3, 0.4) is 0 Å². The third-order valence-electron chi connectivity index (χ3n) is 3.00. The van der Waals surface area contributed by atoms with E-state index in [1.807, 2.05) is 13.0 Å². The molecular formula is C12H17NO. The van der Waals surface area contributed by atoms with Gasteiger partial charge in [0.2, 0.25) is 0 Å². The Morgan fingerprint density at radius 3 is 2.79 bits per heavy atom. The summed E-state index contributed by atoms with van der Waals surface area (Å²) in [6.45, 7) is 3.48. The highest BCUT2D eigenvalue weighted by molar-refractivity contribution is 5.37. The summed E-state index contributed by atoms with van der Waals surface area (Å²) >= 11 is 0. The quantitative estimate of drug-likeness (QED) is 0.790. The van der Waals surface area contributed by atoms with Gasteiger partial charge in [-0.05, 0) is 37.5 Å². The van der Waals surface area contributed by atoms with Gasteiger partial charge in [0, 0.05) is 12.0 Å². The molecule has 0 atom stereocenters. The molecule has 1 aromatic rings. The smallest absolute Gasteiger partial charge is 0.119 e. The SMILES string of the molecule is CCOc1cccc(C2(CN)CC2)c1. The van der Waals surface area contributed by atoms with E-state index in [1.165, 1.54) is 18.4 Å². The molecular weight excluding hydrogens is 174 g/mol. The lowest BCUT2D eigenvalue weighted by Gasteiger charge is -2.13. The Bertz CT molecular complexity index is 318. The van der Waals surface area contributed by atoms with E-state index in [-0.39, 0.29) is 5.41 Å². The molecule has 2 heteroatoms. The molecule has 0 spiro atoms. The third kappa shape index (κ3) is 1.62. The largest absolute Gasteiger partial charge is 0.494 e. The van der Waals surface area contributed by atoms with Gasteiger partial charge in [0.05, 0.1) is 6.61 Å². The van der Waals surface area contributed by atoms with Crippen LogP contribution in [0.15, 0.2) is 24.3 Å². The summed E-state index contributed by atoms with van der Waals surface area (Å²) in [5.74, 6) is 0.963. The lowest BCUT2D eigenvalue weighted by Crippen LogP contribution is -2.19. The van der Waals surface area contributed by atoms with Crippen LogP contribution < -0.4 is 10.5 Å². The zero-order chi connectivity index (χ0) is 10.0. The standard InChI is InChI=1S/C12H17NO/c1-2-14-11-5-3-4-10(8-11)12(9-13)6-7-12/h3-5,8H,2,6-7,9,13H2,1H3. The van der Waals surface area contributed by atoms with E-state index in [1.54, 1.807) is 0 Å². The zero-order valence-corrected chi connectivity index (χ0v) is 8.62. The van der Waals surface area contributed by atoms with Crippen molar-refractivity contribution in [2.45, 2.75) is 25.2 Å². The molecule has 1 saturated carbocycles. The Morgan fingerprint density at radius 1 is 1.43 bits per heavy atom. The first-order chi connectivity index (χ1) is 6.80. The lowest BCUT2D eigenvalue weighted by molar-refractivity contribution is 0.339. The van der Waals surface area contributed by atoms with Gasteiger partial charge in [-0.25, -0.2) is 0 Å². The van der Waals surface area contributed by atoms with E-state index in [4.69, 9.17) is 10.5 Å². The van der Waals surface area contributed by atoms with Crippen LogP contribution in [0.4, 0.5) is 0 Å². The van der Waals surface area contributed by atoms with Crippen LogP contribution in [0.25, 0.3) is 0 Å². The summed E-state index contributed by atoms with van der Waals surface area (Å²) in [6.07, 6.45) is 2.44. The molecule has 2 rings (SSSR count). The Labute approximate surface area is 85.1 Å². The predicted molar refractivity (Wildman–Crippen MR) is 57.6 cm³/mol. The first-order valence-corrected chi connectivity index (χ1v) is 5.24. The molecule has 14 heavy (non-hydrogen) atoms. The van der Waals surface area contributed by atoms with Crippen LogP contribution >= 0.6 is 0 Å². The number of hydrogen-bond acceptors (Lipinski definition) is 2. The van der Waals surface area contributed by atoms with Gasteiger partial charge in [0.25, 0.3) is 0 Å². The molecule has 1 aliphatic carbocycles. The maximum absolute atomic E-state index is 5.78. The van der Waals surface area contributed by atoms with Crippen molar-refractivity contribution in [3.05, 3.63) is 29.8 Å². The fourth-order valence-electron chi connectivity index (χ4n) is 1.84. The summed E-state index contributed by atoms with van der Waals surface area (Å²) in [7, 11) is 0. The number of hydrogen-bond donors (Lipinski definition) is 1. The van der Waals surface area contributed by atoms with Crippen LogP contribution in [-0.2, 0) is 5.41 Å². The van der Waals surface area contributed by atoms with E-state index in [0.29, 0.717) is 0 Å². The van der Waals surface area contributed by atoms with E-state index in [9.17, 15) is 0 Å². The summed E-state index contributed by atoms with van der Waals surface area (Å²) in [5.41, 5.74) is 7.39. The minimum Gasteiger partial charge on any atom is -0.494 e. The summed E-state index contributed by atoms with van der Waals surface area (Å²) in [5, 5.41) is 0. The van der Waals surface area contributed by atoms with Gasteiger partial charge in [0.15, 0.2) is 0 Å². The van der Waals surface area contributed by atoms with E-state index in [0.717, 1.165) is 18.9 Å². The molecule has 0 aromatic heterocycles. The Morgan fingerprint density at radius 2 is 2.21 bits per heavy atom. The highest BCUT2D eigenvalue weighted by atomic mass is 16.5. The molecule has 1 aromatic carbocycles. The van der Waals surface area contributed by atoms with Crippen LogP contribution in [0.5, 0.6) is 5.75 Å². The van der Waals surface area contributed by atoms with Gasteiger partial charge in [0.1, 0.15) is 5.75 Å². The molecule has 2 nitrogen and oxygen atoms in total. The summed E-state index contributed by atoms with van der Waals surface area (Å²) in [4.78, 5) is 0. The molecule has 1 fully saturated rings. The molecule has 0 bridgehead atoms. The van der Waals surface area contributed by atoms with Crippen molar-refractivity contribution >= 4 is 0 Å². The molecule has 0 saturated heterocycles. The molecule has 1 aliphatic rings. The van der Waals surface area contributed by atoms with E-state index < -0.39 is 0 Å². The molecule has 0 amide bonds. The molecule has 2 N–H and O–H groups in total. The fraction of sp³-hybridized carbons (Fsp3) is 0.500. The zero-order valence-electron chi connectivity index (χ0n) is 8.62. The minimum absolute atomic E-state index is 0.271. The van der Waals surface area contributed by atoms with Gasteiger partial charge in [-0.15, -0.1) is 0 Å². The van der Waals surface area contributed by atoms with Crippen molar-refractivity contribution in [2.75, 3.05) is 13.2 Å². The number of benzene rings is 1. The van der Waals surface area contributed by atoms with E-state index >= 15 is 0 Å². The average Bonchev–Trinajstić information content (AvgIpc) is 2.99. The molecule has 0 aliphatic heterocycles. The maximum atomic E-state index is 5.78. The number of ether oxygens (including phenoxy) is 1. The Hall–Kier alpha value is -1.02. The van der Waals surface area contributed by atoms with Crippen LogP contribution in [-0.4, -0.2) is 13.2 Å². The van der Waals surface area contributed by atoms with Gasteiger partial charge >= 0.3 is 0 Å². The Balaban J connectivity index is 2.22. The van der Waals surface area contributed by atoms with Crippen molar-refractivity contribution in [1.82, 2.24) is 0 Å². The van der Waals surface area contributed by atoms with Crippen molar-refractivity contribution in [1.29, 1.82) is 0 Å². The lowest BCUT2D eigenvalue weighted by atomic mass is 9.96. The highest BCUT2D eigenvalue weighted by Crippen LogP contribution is 2.47. The second-order valence-electron chi connectivity index (χ2n) is 3.95. The van der Waals surface area contributed by atoms with Crippen molar-refractivity contribution < 1.29 is 4.74 Å². The van der Waals surface area contributed by atoms with Crippen LogP contribution in [0.2, 0.25) is 0 Å². The monoisotopic (exact) mass is 191 g/mol. The van der Waals surface area contributed by atoms with Crippen LogP contribution in [0, 0.1) is 0 Å². The summed E-state index contributed by atoms with van der Waals surface area (Å²) in [6, 6.07) is 8.33. The van der Waals surface area contributed by atoms with Gasteiger partial charge in [-0.3, -0.25) is 0 Å². The van der Waals surface area contributed by atoms with Gasteiger partial charge < -0.3 is 10.5 Å².